The number of hydrogen-bond donors (Lipinski definition) is 0. The van der Waals surface area contributed by atoms with Crippen LogP contribution in [0, 0.1) is 0 Å². The molecule has 6 heteroatoms. The highest BCUT2D eigenvalue weighted by molar-refractivity contribution is 6.14. The Morgan fingerprint density at radius 3 is 1.08 bits per heavy atom. The molecule has 84 heavy (non-hydrogen) atoms. The van der Waals surface area contributed by atoms with Gasteiger partial charge in [0.1, 0.15) is 0 Å². The number of benzene rings is 11. The first-order chi connectivity index (χ1) is 41.6. The van der Waals surface area contributed by atoms with E-state index in [2.05, 4.69) is 253 Å². The van der Waals surface area contributed by atoms with E-state index in [1.54, 1.807) is 0 Å². The lowest BCUT2D eigenvalue weighted by atomic mass is 9.95. The van der Waals surface area contributed by atoms with Crippen LogP contribution in [0.4, 0.5) is 0 Å². The third kappa shape index (κ3) is 8.87. The van der Waals surface area contributed by atoms with E-state index < -0.39 is 0 Å². The van der Waals surface area contributed by atoms with Crippen LogP contribution in [-0.2, 0) is 0 Å². The van der Waals surface area contributed by atoms with Gasteiger partial charge in [0, 0.05) is 67.0 Å². The van der Waals surface area contributed by atoms with Gasteiger partial charge >= 0.3 is 0 Å². The first kappa shape index (κ1) is 48.6. The van der Waals surface area contributed by atoms with Gasteiger partial charge in [0.15, 0.2) is 0 Å². The molecule has 0 spiro atoms. The molecule has 0 N–H and O–H groups in total. The fourth-order valence-electron chi connectivity index (χ4n) is 12.1. The summed E-state index contributed by atoms with van der Waals surface area (Å²) < 4.78 is 0. The molecular formula is C78H48N6. The standard InChI is InChI=1S/C41H25N3.C37H23N3/c1-2-8-31-28(7-1)25-36(33-10-4-3-9-32(31)33)41-21-17-30-24-27(15-19-38(30)44-41)26-14-18-37-29(23-26)16-20-40(43-37)35-11-5-13-39-34(35)12-6-22-42-39;1-2-6-25-21-28(11-10-24(25)5-1)34-18-14-29-22-26(12-16-33(29)39-34)27-13-17-35-30(23-27)15-19-37(40-35)32-7-3-9-36-31(32)8-4-20-38-36/h1-25H;1-23H. The van der Waals surface area contributed by atoms with Gasteiger partial charge in [-0.1, -0.05) is 170 Å². The molecular weight excluding hydrogens is 1020 g/mol. The van der Waals surface area contributed by atoms with Crippen molar-refractivity contribution in [3.8, 4) is 67.3 Å². The molecule has 17 aromatic rings. The Bertz CT molecular complexity index is 5470. The van der Waals surface area contributed by atoms with E-state index >= 15 is 0 Å². The van der Waals surface area contributed by atoms with Crippen LogP contribution < -0.4 is 0 Å². The summed E-state index contributed by atoms with van der Waals surface area (Å²) in [5.74, 6) is 0. The van der Waals surface area contributed by atoms with Gasteiger partial charge in [-0.2, -0.15) is 0 Å². The van der Waals surface area contributed by atoms with Crippen LogP contribution in [0.2, 0.25) is 0 Å². The Morgan fingerprint density at radius 2 is 0.560 bits per heavy atom. The van der Waals surface area contributed by atoms with E-state index in [-0.39, 0.29) is 0 Å². The Kier molecular flexibility index (Phi) is 11.8. The second-order valence-corrected chi connectivity index (χ2v) is 21.4. The normalized spacial score (nSPS) is 11.6. The lowest BCUT2D eigenvalue weighted by Crippen LogP contribution is -1.90. The molecule has 11 aromatic carbocycles. The van der Waals surface area contributed by atoms with Gasteiger partial charge < -0.3 is 0 Å². The molecule has 0 unspecified atom stereocenters. The maximum Gasteiger partial charge on any atom is 0.0716 e. The first-order valence-electron chi connectivity index (χ1n) is 28.3. The second-order valence-electron chi connectivity index (χ2n) is 21.4. The molecule has 0 amide bonds. The largest absolute Gasteiger partial charge is 0.256 e. The van der Waals surface area contributed by atoms with Crippen molar-refractivity contribution in [3.63, 3.8) is 0 Å². The molecule has 0 atom stereocenters. The monoisotopic (exact) mass is 1070 g/mol. The van der Waals surface area contributed by atoms with E-state index in [4.69, 9.17) is 19.9 Å². The predicted molar refractivity (Wildman–Crippen MR) is 350 cm³/mol. The van der Waals surface area contributed by atoms with Crippen molar-refractivity contribution in [2.75, 3.05) is 0 Å². The zero-order valence-corrected chi connectivity index (χ0v) is 45.4. The van der Waals surface area contributed by atoms with Gasteiger partial charge in [-0.3, -0.25) is 9.97 Å². The van der Waals surface area contributed by atoms with E-state index in [9.17, 15) is 0 Å². The Hall–Kier alpha value is -11.3. The summed E-state index contributed by atoms with van der Waals surface area (Å²) in [6.45, 7) is 0. The second kappa shape index (κ2) is 20.3. The zero-order valence-electron chi connectivity index (χ0n) is 45.4. The minimum Gasteiger partial charge on any atom is -0.256 e. The molecule has 0 aliphatic rings. The van der Waals surface area contributed by atoms with Gasteiger partial charge in [0.25, 0.3) is 0 Å². The number of fused-ring (bicyclic) bond motifs is 10. The molecule has 6 nitrogen and oxygen atoms in total. The predicted octanol–water partition coefficient (Wildman–Crippen LogP) is 20.1. The topological polar surface area (TPSA) is 77.3 Å². The summed E-state index contributed by atoms with van der Waals surface area (Å²) in [6.07, 6.45) is 3.66. The molecule has 390 valence electrons. The highest BCUT2D eigenvalue weighted by Gasteiger charge is 2.14. The number of nitrogens with zero attached hydrogens (tertiary/aromatic N) is 6. The van der Waals surface area contributed by atoms with Gasteiger partial charge in [-0.05, 0) is 164 Å². The van der Waals surface area contributed by atoms with Gasteiger partial charge in [0.05, 0.1) is 55.9 Å². The maximum atomic E-state index is 5.13. The molecule has 0 saturated carbocycles. The van der Waals surface area contributed by atoms with Crippen LogP contribution in [0.25, 0.3) is 165 Å². The van der Waals surface area contributed by atoms with Crippen molar-refractivity contribution in [3.05, 3.63) is 291 Å². The van der Waals surface area contributed by atoms with Gasteiger partial charge in [-0.15, -0.1) is 0 Å². The lowest BCUT2D eigenvalue weighted by Gasteiger charge is -2.12. The van der Waals surface area contributed by atoms with Crippen molar-refractivity contribution < 1.29 is 0 Å². The lowest BCUT2D eigenvalue weighted by molar-refractivity contribution is 1.38. The highest BCUT2D eigenvalue weighted by atomic mass is 14.7. The maximum absolute atomic E-state index is 5.13. The number of aromatic nitrogens is 6. The minimum absolute atomic E-state index is 0.954. The van der Waals surface area contributed by atoms with E-state index in [0.29, 0.717) is 0 Å². The molecule has 6 heterocycles. The van der Waals surface area contributed by atoms with Crippen molar-refractivity contribution in [2.45, 2.75) is 0 Å². The fraction of sp³-hybridized carbons (Fsp3) is 0. The molecule has 17 rings (SSSR count). The molecule has 0 aliphatic carbocycles. The van der Waals surface area contributed by atoms with Gasteiger partial charge in [0.2, 0.25) is 0 Å². The third-order valence-corrected chi connectivity index (χ3v) is 16.4. The Balaban J connectivity index is 0.000000138. The molecule has 6 aromatic heterocycles. The smallest absolute Gasteiger partial charge is 0.0716 e. The molecule has 0 bridgehead atoms. The van der Waals surface area contributed by atoms with Crippen LogP contribution in [0.1, 0.15) is 0 Å². The van der Waals surface area contributed by atoms with E-state index in [1.807, 2.05) is 48.8 Å². The van der Waals surface area contributed by atoms with Crippen molar-refractivity contribution in [1.82, 2.24) is 29.9 Å². The summed E-state index contributed by atoms with van der Waals surface area (Å²) in [4.78, 5) is 29.1. The van der Waals surface area contributed by atoms with Crippen LogP contribution >= 0.6 is 0 Å². The number of hydrogen-bond acceptors (Lipinski definition) is 6. The number of rotatable bonds is 6. The van der Waals surface area contributed by atoms with Crippen LogP contribution in [0.5, 0.6) is 0 Å². The zero-order chi connectivity index (χ0) is 55.5. The number of pyridine rings is 6. The molecule has 0 saturated heterocycles. The highest BCUT2D eigenvalue weighted by Crippen LogP contribution is 2.37. The van der Waals surface area contributed by atoms with E-state index in [1.165, 1.54) is 37.9 Å². The Morgan fingerprint density at radius 1 is 0.179 bits per heavy atom. The van der Waals surface area contributed by atoms with Crippen LogP contribution in [0.15, 0.2) is 291 Å². The average molecular weight is 1070 g/mol. The first-order valence-corrected chi connectivity index (χ1v) is 28.3. The van der Waals surface area contributed by atoms with Crippen LogP contribution in [-0.4, -0.2) is 29.9 Å². The van der Waals surface area contributed by atoms with E-state index in [0.717, 1.165) is 127 Å². The SMILES string of the molecule is c1ccc2c(c1)cc(-c1ccc3cc(-c4ccc5nc(-c6cccc7ncccc67)ccc5c4)ccc3n1)c1ccccc12.c1ccc2cc(-c3ccc4cc(-c5ccc6nc(-c7cccc8ncccc78)ccc6c5)ccc4n3)ccc2c1. The van der Waals surface area contributed by atoms with Crippen molar-refractivity contribution >= 4 is 97.7 Å². The summed E-state index contributed by atoms with van der Waals surface area (Å²) >= 11 is 0. The van der Waals surface area contributed by atoms with Gasteiger partial charge in [-0.25, -0.2) is 19.9 Å². The summed E-state index contributed by atoms with van der Waals surface area (Å²) in [5, 5.41) is 14.1. The molecule has 0 aliphatic heterocycles. The van der Waals surface area contributed by atoms with Crippen molar-refractivity contribution in [2.24, 2.45) is 0 Å². The Labute approximate surface area is 483 Å². The summed E-state index contributed by atoms with van der Waals surface area (Å²) in [5.41, 5.74) is 18.9. The van der Waals surface area contributed by atoms with Crippen LogP contribution in [0.3, 0.4) is 0 Å². The minimum atomic E-state index is 0.954. The summed E-state index contributed by atoms with van der Waals surface area (Å²) in [6, 6.07) is 98.2. The fourth-order valence-corrected chi connectivity index (χ4v) is 12.1. The van der Waals surface area contributed by atoms with Crippen molar-refractivity contribution in [1.29, 1.82) is 0 Å². The third-order valence-electron chi connectivity index (χ3n) is 16.4. The molecule has 0 fully saturated rings. The summed E-state index contributed by atoms with van der Waals surface area (Å²) in [7, 11) is 0. The quantitative estimate of drug-likeness (QED) is 0.154. The molecule has 0 radical (unpaired) electrons. The average Bonchev–Trinajstić information content (AvgIpc) is 3.51.